The molecule has 0 aliphatic carbocycles. The second-order valence-electron chi connectivity index (χ2n) is 4.45. The molecule has 15 heavy (non-hydrogen) atoms. The van der Waals surface area contributed by atoms with Gasteiger partial charge in [-0.15, -0.1) is 0 Å². The number of hydrogen-bond donors (Lipinski definition) is 0. The van der Waals surface area contributed by atoms with E-state index in [1.807, 2.05) is 7.05 Å². The summed E-state index contributed by atoms with van der Waals surface area (Å²) in [5, 5.41) is 0. The second-order valence-corrected chi connectivity index (χ2v) is 4.45. The number of ether oxygens (including phenoxy) is 1. The van der Waals surface area contributed by atoms with Crippen LogP contribution in [0.15, 0.2) is 0 Å². The number of likely N-dealkylation sites (tertiary alicyclic amines) is 1. The fourth-order valence-electron chi connectivity index (χ4n) is 2.11. The molecule has 4 nitrogen and oxygen atoms in total. The maximum Gasteiger partial charge on any atom is 0.172 e. The molecule has 0 N–H and O–H groups in total. The van der Waals surface area contributed by atoms with Gasteiger partial charge in [-0.1, -0.05) is 0 Å². The Morgan fingerprint density at radius 2 is 2.33 bits per heavy atom. The van der Waals surface area contributed by atoms with Crippen molar-refractivity contribution in [3.05, 3.63) is 0 Å². The van der Waals surface area contributed by atoms with E-state index in [0.29, 0.717) is 12.6 Å². The van der Waals surface area contributed by atoms with Crippen LogP contribution in [0.5, 0.6) is 0 Å². The minimum atomic E-state index is 0.160. The van der Waals surface area contributed by atoms with E-state index in [2.05, 4.69) is 16.8 Å². The van der Waals surface area contributed by atoms with E-state index in [9.17, 15) is 4.79 Å². The Labute approximate surface area is 92.2 Å². The fourth-order valence-corrected chi connectivity index (χ4v) is 2.11. The van der Waals surface area contributed by atoms with Crippen LogP contribution in [-0.4, -0.2) is 69.1 Å². The van der Waals surface area contributed by atoms with Gasteiger partial charge in [0.25, 0.3) is 0 Å². The Balaban J connectivity index is 2.32. The first kappa shape index (κ1) is 12.6. The molecule has 1 aliphatic heterocycles. The van der Waals surface area contributed by atoms with E-state index in [1.54, 1.807) is 7.11 Å². The smallest absolute Gasteiger partial charge is 0.172 e. The third-order valence-corrected chi connectivity index (χ3v) is 2.95. The van der Waals surface area contributed by atoms with Crippen molar-refractivity contribution in [1.82, 2.24) is 9.80 Å². The molecule has 0 aromatic rings. The first-order chi connectivity index (χ1) is 7.13. The third-order valence-electron chi connectivity index (χ3n) is 2.95. The lowest BCUT2D eigenvalue weighted by molar-refractivity contribution is -0.124. The van der Waals surface area contributed by atoms with Gasteiger partial charge in [0.1, 0.15) is 6.61 Å². The van der Waals surface area contributed by atoms with Gasteiger partial charge in [-0.25, -0.2) is 0 Å². The largest absolute Gasteiger partial charge is 0.377 e. The van der Waals surface area contributed by atoms with Gasteiger partial charge in [0, 0.05) is 19.7 Å². The number of carbonyl (C=O) groups is 1. The predicted molar refractivity (Wildman–Crippen MR) is 60.0 cm³/mol. The molecule has 1 unspecified atom stereocenters. The molecule has 0 amide bonds. The number of methoxy groups -OCH3 is 1. The summed E-state index contributed by atoms with van der Waals surface area (Å²) in [6, 6.07) is 0.518. The van der Waals surface area contributed by atoms with Crippen molar-refractivity contribution >= 4 is 5.78 Å². The summed E-state index contributed by atoms with van der Waals surface area (Å²) in [4.78, 5) is 15.9. The van der Waals surface area contributed by atoms with E-state index in [4.69, 9.17) is 4.74 Å². The Bertz CT molecular complexity index is 209. The van der Waals surface area contributed by atoms with Gasteiger partial charge in [0.05, 0.1) is 6.54 Å². The Hall–Kier alpha value is -0.450. The summed E-state index contributed by atoms with van der Waals surface area (Å²) in [5.74, 6) is 0.160. The van der Waals surface area contributed by atoms with E-state index in [0.717, 1.165) is 6.54 Å². The van der Waals surface area contributed by atoms with E-state index in [1.165, 1.54) is 19.4 Å². The summed E-state index contributed by atoms with van der Waals surface area (Å²) in [5.41, 5.74) is 0. The summed E-state index contributed by atoms with van der Waals surface area (Å²) in [6.07, 6.45) is 2.42. The summed E-state index contributed by atoms with van der Waals surface area (Å²) < 4.78 is 4.83. The van der Waals surface area contributed by atoms with Gasteiger partial charge in [-0.2, -0.15) is 0 Å². The standard InChI is InChI=1S/C11H22N2O2/c1-12-6-4-5-10(7-12)13(2)8-11(14)9-15-3/h10H,4-9H2,1-3H3. The molecule has 1 aliphatic rings. The number of nitrogens with zero attached hydrogens (tertiary/aromatic N) is 2. The normalized spacial score (nSPS) is 23.3. The number of ketones is 1. The highest BCUT2D eigenvalue weighted by Crippen LogP contribution is 2.12. The van der Waals surface area contributed by atoms with E-state index in [-0.39, 0.29) is 12.4 Å². The number of Topliss-reactive ketones (excluding diaryl/α,β-unsaturated/α-hetero) is 1. The van der Waals surface area contributed by atoms with Crippen molar-refractivity contribution in [2.45, 2.75) is 18.9 Å². The van der Waals surface area contributed by atoms with Gasteiger partial charge in [-0.3, -0.25) is 9.69 Å². The Kier molecular flexibility index (Phi) is 5.22. The highest BCUT2D eigenvalue weighted by molar-refractivity contribution is 5.81. The van der Waals surface area contributed by atoms with Crippen molar-refractivity contribution in [2.24, 2.45) is 0 Å². The third kappa shape index (κ3) is 4.28. The lowest BCUT2D eigenvalue weighted by atomic mass is 10.0. The SMILES string of the molecule is COCC(=O)CN(C)C1CCCN(C)C1. The molecule has 1 atom stereocenters. The minimum absolute atomic E-state index is 0.160. The molecule has 1 saturated heterocycles. The van der Waals surface area contributed by atoms with Crippen LogP contribution in [0, 0.1) is 0 Å². The van der Waals surface area contributed by atoms with Gasteiger partial charge in [-0.05, 0) is 33.5 Å². The quantitative estimate of drug-likeness (QED) is 0.656. The number of hydrogen-bond acceptors (Lipinski definition) is 4. The topological polar surface area (TPSA) is 32.8 Å². The number of piperidine rings is 1. The van der Waals surface area contributed by atoms with Crippen LogP contribution in [0.25, 0.3) is 0 Å². The molecule has 0 bridgehead atoms. The highest BCUT2D eigenvalue weighted by Gasteiger charge is 2.22. The predicted octanol–water partition coefficient (Wildman–Crippen LogP) is 0.228. The average molecular weight is 214 g/mol. The average Bonchev–Trinajstić information content (AvgIpc) is 2.18. The van der Waals surface area contributed by atoms with Crippen molar-refractivity contribution in [1.29, 1.82) is 0 Å². The number of rotatable bonds is 5. The second kappa shape index (κ2) is 6.20. The van der Waals surface area contributed by atoms with Crippen LogP contribution in [0.2, 0.25) is 0 Å². The monoisotopic (exact) mass is 214 g/mol. The fraction of sp³-hybridized carbons (Fsp3) is 0.909. The van der Waals surface area contributed by atoms with Gasteiger partial charge >= 0.3 is 0 Å². The first-order valence-corrected chi connectivity index (χ1v) is 5.53. The molecule has 0 saturated carbocycles. The minimum Gasteiger partial charge on any atom is -0.377 e. The van der Waals surface area contributed by atoms with Gasteiger partial charge in [0.15, 0.2) is 5.78 Å². The van der Waals surface area contributed by atoms with Crippen molar-refractivity contribution in [2.75, 3.05) is 47.4 Å². The lowest BCUT2D eigenvalue weighted by Gasteiger charge is -2.35. The maximum atomic E-state index is 11.4. The summed E-state index contributed by atoms with van der Waals surface area (Å²) in [7, 11) is 5.72. The van der Waals surface area contributed by atoms with E-state index >= 15 is 0 Å². The molecule has 88 valence electrons. The van der Waals surface area contributed by atoms with Crippen LogP contribution in [-0.2, 0) is 9.53 Å². The van der Waals surface area contributed by atoms with Crippen LogP contribution in [0.3, 0.4) is 0 Å². The highest BCUT2D eigenvalue weighted by atomic mass is 16.5. The summed E-state index contributed by atoms with van der Waals surface area (Å²) in [6.45, 7) is 2.98. The maximum absolute atomic E-state index is 11.4. The zero-order chi connectivity index (χ0) is 11.3. The van der Waals surface area contributed by atoms with Crippen LogP contribution >= 0.6 is 0 Å². The molecule has 1 heterocycles. The zero-order valence-electron chi connectivity index (χ0n) is 10.0. The molecular formula is C11H22N2O2. The molecule has 0 radical (unpaired) electrons. The molecule has 0 aromatic heterocycles. The molecule has 0 aromatic carbocycles. The molecular weight excluding hydrogens is 192 g/mol. The molecule has 4 heteroatoms. The first-order valence-electron chi connectivity index (χ1n) is 5.53. The Morgan fingerprint density at radius 1 is 1.60 bits per heavy atom. The van der Waals surface area contributed by atoms with Gasteiger partial charge in [0.2, 0.25) is 0 Å². The Morgan fingerprint density at radius 3 is 2.93 bits per heavy atom. The van der Waals surface area contributed by atoms with E-state index < -0.39 is 0 Å². The van der Waals surface area contributed by atoms with Gasteiger partial charge < -0.3 is 9.64 Å². The van der Waals surface area contributed by atoms with Crippen molar-refractivity contribution in [3.63, 3.8) is 0 Å². The number of carbonyl (C=O) groups excluding carboxylic acids is 1. The van der Waals surface area contributed by atoms with Crippen molar-refractivity contribution in [3.8, 4) is 0 Å². The lowest BCUT2D eigenvalue weighted by Crippen LogP contribution is -2.46. The van der Waals surface area contributed by atoms with Crippen LogP contribution in [0.1, 0.15) is 12.8 Å². The van der Waals surface area contributed by atoms with Crippen molar-refractivity contribution < 1.29 is 9.53 Å². The summed E-state index contributed by atoms with van der Waals surface area (Å²) >= 11 is 0. The van der Waals surface area contributed by atoms with Crippen LogP contribution in [0.4, 0.5) is 0 Å². The molecule has 1 fully saturated rings. The molecule has 0 spiro atoms. The van der Waals surface area contributed by atoms with Crippen LogP contribution < -0.4 is 0 Å². The molecule has 1 rings (SSSR count). The zero-order valence-corrected chi connectivity index (χ0v) is 10.0. The number of likely N-dealkylation sites (N-methyl/N-ethyl adjacent to an activating group) is 2.